The molecular formula is C8H15NO7. The van der Waals surface area contributed by atoms with Crippen LogP contribution in [-0.2, 0) is 9.53 Å². The van der Waals surface area contributed by atoms with Crippen molar-refractivity contribution in [2.24, 2.45) is 0 Å². The number of amides is 1. The van der Waals surface area contributed by atoms with Crippen molar-refractivity contribution >= 4 is 5.91 Å². The molecule has 1 saturated heterocycles. The Bertz CT molecular complexity index is 247. The van der Waals surface area contributed by atoms with Crippen molar-refractivity contribution < 1.29 is 35.1 Å². The third kappa shape index (κ3) is 2.67. The van der Waals surface area contributed by atoms with Gasteiger partial charge in [-0.15, -0.1) is 0 Å². The zero-order valence-corrected chi connectivity index (χ0v) is 8.35. The van der Waals surface area contributed by atoms with Crippen molar-refractivity contribution in [3.05, 3.63) is 0 Å². The average molecular weight is 237 g/mol. The summed E-state index contributed by atoms with van der Waals surface area (Å²) >= 11 is 0. The number of nitrogens with one attached hydrogen (secondary N) is 1. The molecule has 5 atom stereocenters. The van der Waals surface area contributed by atoms with E-state index in [0.717, 1.165) is 0 Å². The van der Waals surface area contributed by atoms with Gasteiger partial charge >= 0.3 is 0 Å². The third-order valence-corrected chi connectivity index (χ3v) is 2.34. The van der Waals surface area contributed by atoms with Crippen LogP contribution in [0.2, 0.25) is 0 Å². The minimum absolute atomic E-state index is 0.573. The fourth-order valence-corrected chi connectivity index (χ4v) is 1.43. The third-order valence-electron chi connectivity index (χ3n) is 2.34. The largest absolute Gasteiger partial charge is 0.394 e. The van der Waals surface area contributed by atoms with Gasteiger partial charge in [-0.3, -0.25) is 4.79 Å². The Hall–Kier alpha value is -0.770. The van der Waals surface area contributed by atoms with Crippen LogP contribution in [-0.4, -0.2) is 75.3 Å². The number of aliphatic hydroxyl groups is 5. The molecule has 1 heterocycles. The highest BCUT2D eigenvalue weighted by Crippen LogP contribution is 2.19. The van der Waals surface area contributed by atoms with Crippen molar-refractivity contribution in [2.45, 2.75) is 30.6 Å². The molecule has 0 spiro atoms. The summed E-state index contributed by atoms with van der Waals surface area (Å²) in [5, 5.41) is 47.6. The first-order valence-corrected chi connectivity index (χ1v) is 4.72. The number of carbonyl (C=O) groups excluding carboxylic acids is 1. The first-order valence-electron chi connectivity index (χ1n) is 4.72. The van der Waals surface area contributed by atoms with Gasteiger partial charge in [0.05, 0.1) is 6.61 Å². The number of aliphatic hydroxyl groups excluding tert-OH is 5. The smallest absolute Gasteiger partial charge is 0.247 e. The van der Waals surface area contributed by atoms with Gasteiger partial charge < -0.3 is 35.6 Å². The Morgan fingerprint density at radius 3 is 2.25 bits per heavy atom. The van der Waals surface area contributed by atoms with Crippen LogP contribution in [0.25, 0.3) is 0 Å². The summed E-state index contributed by atoms with van der Waals surface area (Å²) < 4.78 is 4.95. The standard InChI is InChI=1S/C8H15NO7/c10-1-3-5(13)6(14)7(15)8(16-3)9-4(12)2-11/h3,5-8,10-11,13-15H,1-2H2,(H,9,12)/t3-,5+,6+,7-,8?/m1/s1. The molecular weight excluding hydrogens is 222 g/mol. The maximum atomic E-state index is 10.8. The van der Waals surface area contributed by atoms with E-state index in [1.807, 2.05) is 0 Å². The molecule has 8 heteroatoms. The molecule has 0 aromatic carbocycles. The molecule has 0 aromatic rings. The number of hydrogen-bond acceptors (Lipinski definition) is 7. The maximum absolute atomic E-state index is 10.8. The fourth-order valence-electron chi connectivity index (χ4n) is 1.43. The van der Waals surface area contributed by atoms with Crippen LogP contribution < -0.4 is 5.32 Å². The van der Waals surface area contributed by atoms with E-state index >= 15 is 0 Å². The lowest BCUT2D eigenvalue weighted by atomic mass is 9.98. The van der Waals surface area contributed by atoms with E-state index in [4.69, 9.17) is 14.9 Å². The quantitative estimate of drug-likeness (QED) is 0.293. The summed E-state index contributed by atoms with van der Waals surface area (Å²) in [5.74, 6) is -0.802. The van der Waals surface area contributed by atoms with Gasteiger partial charge in [-0.25, -0.2) is 0 Å². The topological polar surface area (TPSA) is 139 Å². The van der Waals surface area contributed by atoms with Gasteiger partial charge in [-0.2, -0.15) is 0 Å². The second kappa shape index (κ2) is 5.53. The van der Waals surface area contributed by atoms with Gasteiger partial charge in [0.2, 0.25) is 5.91 Å². The Morgan fingerprint density at radius 1 is 1.12 bits per heavy atom. The summed E-state index contributed by atoms with van der Waals surface area (Å²) in [6, 6.07) is 0. The van der Waals surface area contributed by atoms with Crippen LogP contribution in [0.15, 0.2) is 0 Å². The molecule has 16 heavy (non-hydrogen) atoms. The molecule has 0 radical (unpaired) electrons. The maximum Gasteiger partial charge on any atom is 0.247 e. The molecule has 0 bridgehead atoms. The zero-order valence-electron chi connectivity index (χ0n) is 8.35. The summed E-state index contributed by atoms with van der Waals surface area (Å²) in [5.41, 5.74) is 0. The first-order chi connectivity index (χ1) is 7.51. The van der Waals surface area contributed by atoms with Crippen LogP contribution in [0.1, 0.15) is 0 Å². The van der Waals surface area contributed by atoms with E-state index < -0.39 is 49.8 Å². The second-order valence-corrected chi connectivity index (χ2v) is 3.48. The van der Waals surface area contributed by atoms with Crippen molar-refractivity contribution in [3.8, 4) is 0 Å². The molecule has 6 N–H and O–H groups in total. The van der Waals surface area contributed by atoms with Gasteiger partial charge in [-0.05, 0) is 0 Å². The lowest BCUT2D eigenvalue weighted by Gasteiger charge is -2.39. The molecule has 1 rings (SSSR count). The van der Waals surface area contributed by atoms with Gasteiger partial charge in [0, 0.05) is 0 Å². The lowest BCUT2D eigenvalue weighted by Crippen LogP contribution is -2.63. The number of ether oxygens (including phenoxy) is 1. The van der Waals surface area contributed by atoms with Crippen LogP contribution >= 0.6 is 0 Å². The molecule has 0 aromatic heterocycles. The van der Waals surface area contributed by atoms with E-state index in [1.54, 1.807) is 0 Å². The minimum Gasteiger partial charge on any atom is -0.394 e. The normalized spacial score (nSPS) is 39.4. The second-order valence-electron chi connectivity index (χ2n) is 3.48. The summed E-state index contributed by atoms with van der Waals surface area (Å²) in [6.07, 6.45) is -6.91. The highest BCUT2D eigenvalue weighted by molar-refractivity contribution is 5.77. The van der Waals surface area contributed by atoms with Crippen LogP contribution in [0.3, 0.4) is 0 Å². The van der Waals surface area contributed by atoms with Crippen LogP contribution in [0.4, 0.5) is 0 Å². The Balaban J connectivity index is 2.67. The molecule has 1 aliphatic rings. The van der Waals surface area contributed by atoms with Crippen molar-refractivity contribution in [1.82, 2.24) is 5.32 Å². The van der Waals surface area contributed by atoms with E-state index in [1.165, 1.54) is 0 Å². The van der Waals surface area contributed by atoms with Crippen molar-refractivity contribution in [1.29, 1.82) is 0 Å². The molecule has 1 fully saturated rings. The molecule has 1 unspecified atom stereocenters. The van der Waals surface area contributed by atoms with Crippen molar-refractivity contribution in [2.75, 3.05) is 13.2 Å². The van der Waals surface area contributed by atoms with E-state index in [0.29, 0.717) is 0 Å². The zero-order chi connectivity index (χ0) is 12.3. The van der Waals surface area contributed by atoms with Crippen molar-refractivity contribution in [3.63, 3.8) is 0 Å². The van der Waals surface area contributed by atoms with E-state index in [9.17, 15) is 20.1 Å². The monoisotopic (exact) mass is 237 g/mol. The van der Waals surface area contributed by atoms with Gasteiger partial charge in [-0.1, -0.05) is 0 Å². The Morgan fingerprint density at radius 2 is 1.75 bits per heavy atom. The van der Waals surface area contributed by atoms with E-state index in [-0.39, 0.29) is 0 Å². The molecule has 1 amide bonds. The SMILES string of the molecule is O=C(CO)NC1O[C@H](CO)[C@H](O)[C@H](O)[C@H]1O. The van der Waals surface area contributed by atoms with Crippen LogP contribution in [0, 0.1) is 0 Å². The number of hydrogen-bond donors (Lipinski definition) is 6. The lowest BCUT2D eigenvalue weighted by molar-refractivity contribution is -0.236. The Kier molecular flexibility index (Phi) is 4.59. The highest BCUT2D eigenvalue weighted by Gasteiger charge is 2.43. The Labute approximate surface area is 91.1 Å². The molecule has 0 aliphatic carbocycles. The predicted octanol–water partition coefficient (Wildman–Crippen LogP) is -4.11. The minimum atomic E-state index is -1.55. The average Bonchev–Trinajstić information content (AvgIpc) is 2.29. The summed E-state index contributed by atoms with van der Waals surface area (Å²) in [7, 11) is 0. The molecule has 0 saturated carbocycles. The van der Waals surface area contributed by atoms with E-state index in [2.05, 4.69) is 5.32 Å². The fraction of sp³-hybridized carbons (Fsp3) is 0.875. The number of carbonyl (C=O) groups is 1. The van der Waals surface area contributed by atoms with Crippen LogP contribution in [0.5, 0.6) is 0 Å². The molecule has 8 nitrogen and oxygen atoms in total. The van der Waals surface area contributed by atoms with Gasteiger partial charge in [0.1, 0.15) is 31.0 Å². The summed E-state index contributed by atoms with van der Waals surface area (Å²) in [4.78, 5) is 10.8. The summed E-state index contributed by atoms with van der Waals surface area (Å²) in [6.45, 7) is -1.37. The first kappa shape index (κ1) is 13.3. The number of rotatable bonds is 3. The van der Waals surface area contributed by atoms with Gasteiger partial charge in [0.15, 0.2) is 6.23 Å². The van der Waals surface area contributed by atoms with Gasteiger partial charge in [0.25, 0.3) is 0 Å². The molecule has 94 valence electrons. The predicted molar refractivity (Wildman–Crippen MR) is 49.0 cm³/mol. The molecule has 1 aliphatic heterocycles. The highest BCUT2D eigenvalue weighted by atomic mass is 16.6.